The minimum absolute atomic E-state index is 0.200. The van der Waals surface area contributed by atoms with Crippen molar-refractivity contribution in [2.24, 2.45) is 0 Å². The number of methoxy groups -OCH3 is 1. The molecule has 1 fully saturated rings. The summed E-state index contributed by atoms with van der Waals surface area (Å²) < 4.78 is 18.6. The number of fused-ring (bicyclic) bond motifs is 2. The fourth-order valence-electron chi connectivity index (χ4n) is 4.69. The number of benzene rings is 3. The minimum Gasteiger partial charge on any atom is -0.496 e. The number of hydrogen-bond donors (Lipinski definition) is 2. The Hall–Kier alpha value is -3.14. The quantitative estimate of drug-likeness (QED) is 0.486. The summed E-state index contributed by atoms with van der Waals surface area (Å²) in [6.45, 7) is 2.37. The number of carbonyl (C=O) groups is 2. The average Bonchev–Trinajstić information content (AvgIpc) is 2.96. The highest BCUT2D eigenvalue weighted by atomic mass is 79.9. The zero-order chi connectivity index (χ0) is 25.4. The molecule has 8 nitrogen and oxygen atoms in total. The van der Waals surface area contributed by atoms with Crippen molar-refractivity contribution in [1.82, 2.24) is 10.6 Å². The van der Waals surface area contributed by atoms with Crippen molar-refractivity contribution in [2.45, 2.75) is 31.2 Å². The maximum atomic E-state index is 14.3. The monoisotopic (exact) mass is 553 g/mol. The normalized spacial score (nSPS) is 19.2. The molecule has 1 saturated heterocycles. The average molecular weight is 554 g/mol. The van der Waals surface area contributed by atoms with Gasteiger partial charge in [-0.25, -0.2) is 0 Å². The van der Waals surface area contributed by atoms with Crippen LogP contribution in [0, 0.1) is 0 Å². The third-order valence-electron chi connectivity index (χ3n) is 6.90. The predicted octanol–water partition coefficient (Wildman–Crippen LogP) is 3.40. The zero-order valence-corrected chi connectivity index (χ0v) is 21.9. The van der Waals surface area contributed by atoms with Gasteiger partial charge in [-0.1, -0.05) is 40.2 Å². The van der Waals surface area contributed by atoms with E-state index in [1.807, 2.05) is 54.6 Å². The van der Waals surface area contributed by atoms with Gasteiger partial charge in [-0.2, -0.15) is 0 Å². The van der Waals surface area contributed by atoms with Gasteiger partial charge in [0.2, 0.25) is 5.91 Å². The molecule has 0 aromatic heterocycles. The molecule has 188 valence electrons. The Morgan fingerprint density at radius 1 is 1.22 bits per heavy atom. The summed E-state index contributed by atoms with van der Waals surface area (Å²) in [5.41, 5.74) is 0.502. The second kappa shape index (κ2) is 9.72. The van der Waals surface area contributed by atoms with Crippen LogP contribution < -0.4 is 25.0 Å². The molecule has 0 bridgehead atoms. The number of amides is 2. The minimum atomic E-state index is -0.987. The number of halogens is 1. The van der Waals surface area contributed by atoms with E-state index in [0.717, 1.165) is 20.8 Å². The number of nitrogens with zero attached hydrogens (tertiary/aromatic N) is 1. The molecule has 1 spiro atoms. The predicted molar refractivity (Wildman–Crippen MR) is 140 cm³/mol. The lowest BCUT2D eigenvalue weighted by Crippen LogP contribution is -2.71. The number of carbonyl (C=O) groups excluding carboxylic acids is 2. The molecule has 3 aromatic carbocycles. The van der Waals surface area contributed by atoms with E-state index >= 15 is 0 Å². The summed E-state index contributed by atoms with van der Waals surface area (Å²) in [5, 5.41) is 7.86. The van der Waals surface area contributed by atoms with Gasteiger partial charge >= 0.3 is 0 Å². The number of likely N-dealkylation sites (N-methyl/N-ethyl adjacent to an activating group) is 1. The summed E-state index contributed by atoms with van der Waals surface area (Å²) in [6.07, 6.45) is 0. The van der Waals surface area contributed by atoms with E-state index in [1.54, 1.807) is 26.0 Å². The van der Waals surface area contributed by atoms with Crippen LogP contribution in [0.4, 0.5) is 5.69 Å². The Balaban J connectivity index is 1.62. The van der Waals surface area contributed by atoms with E-state index in [4.69, 9.17) is 14.2 Å². The SMILES string of the molecule is CNC(C)C(=O)NC1C(=O)N(Cc2c(OC)ccc3cc(Br)ccc23)c2ccccc2OC12COC2. The summed E-state index contributed by atoms with van der Waals surface area (Å²) in [7, 11) is 3.32. The summed E-state index contributed by atoms with van der Waals surface area (Å²) >= 11 is 3.54. The number of anilines is 1. The molecule has 9 heteroatoms. The molecule has 2 aliphatic rings. The standard InChI is InChI=1S/C27H28BrN3O5/c1-16(29-2)25(32)30-24-26(33)31(21-6-4-5-7-23(21)36-27(24)14-35-15-27)13-20-19-10-9-18(28)12-17(19)8-11-22(20)34-3/h4-12,16,24,29H,13-15H2,1-3H3,(H,30,32). The molecule has 36 heavy (non-hydrogen) atoms. The lowest BCUT2D eigenvalue weighted by molar-refractivity contribution is -0.181. The van der Waals surface area contributed by atoms with Crippen LogP contribution in [0.3, 0.4) is 0 Å². The maximum Gasteiger partial charge on any atom is 0.254 e. The Morgan fingerprint density at radius 2 is 2.00 bits per heavy atom. The molecular formula is C27H28BrN3O5. The molecule has 2 unspecified atom stereocenters. The highest BCUT2D eigenvalue weighted by Gasteiger charge is 2.56. The summed E-state index contributed by atoms with van der Waals surface area (Å²) in [5.74, 6) is 0.682. The fourth-order valence-corrected chi connectivity index (χ4v) is 5.06. The maximum absolute atomic E-state index is 14.3. The van der Waals surface area contributed by atoms with Crippen LogP contribution in [0.1, 0.15) is 12.5 Å². The first-order valence-electron chi connectivity index (χ1n) is 11.8. The smallest absolute Gasteiger partial charge is 0.254 e. The second-order valence-corrected chi connectivity index (χ2v) is 10.0. The van der Waals surface area contributed by atoms with Gasteiger partial charge in [0.25, 0.3) is 5.91 Å². The summed E-state index contributed by atoms with van der Waals surface area (Å²) in [6, 6.07) is 15.9. The van der Waals surface area contributed by atoms with Crippen molar-refractivity contribution >= 4 is 44.2 Å². The molecule has 5 rings (SSSR count). The third-order valence-corrected chi connectivity index (χ3v) is 7.39. The third kappa shape index (κ3) is 4.21. The van der Waals surface area contributed by atoms with Crippen molar-refractivity contribution in [2.75, 3.05) is 32.3 Å². The number of nitrogens with one attached hydrogen (secondary N) is 2. The van der Waals surface area contributed by atoms with Crippen LogP contribution in [-0.4, -0.2) is 56.9 Å². The molecule has 0 aliphatic carbocycles. The van der Waals surface area contributed by atoms with Gasteiger partial charge in [-0.3, -0.25) is 9.59 Å². The Kier molecular flexibility index (Phi) is 6.63. The van der Waals surface area contributed by atoms with E-state index in [9.17, 15) is 9.59 Å². The van der Waals surface area contributed by atoms with Crippen molar-refractivity contribution in [3.05, 3.63) is 64.6 Å². The molecule has 2 atom stereocenters. The highest BCUT2D eigenvalue weighted by molar-refractivity contribution is 9.10. The van der Waals surface area contributed by atoms with E-state index in [0.29, 0.717) is 17.2 Å². The number of hydrogen-bond acceptors (Lipinski definition) is 6. The van der Waals surface area contributed by atoms with E-state index in [1.165, 1.54) is 0 Å². The van der Waals surface area contributed by atoms with Gasteiger partial charge in [0.1, 0.15) is 11.5 Å². The zero-order valence-electron chi connectivity index (χ0n) is 20.3. The molecular weight excluding hydrogens is 526 g/mol. The lowest BCUT2D eigenvalue weighted by Gasteiger charge is -2.45. The Morgan fingerprint density at radius 3 is 2.69 bits per heavy atom. The first kappa shape index (κ1) is 24.5. The molecule has 0 radical (unpaired) electrons. The lowest BCUT2D eigenvalue weighted by atomic mass is 9.90. The number of rotatable bonds is 6. The first-order chi connectivity index (χ1) is 17.4. The molecule has 3 aromatic rings. The van der Waals surface area contributed by atoms with E-state index in [-0.39, 0.29) is 31.6 Å². The van der Waals surface area contributed by atoms with Crippen LogP contribution in [0.2, 0.25) is 0 Å². The molecule has 2 heterocycles. The van der Waals surface area contributed by atoms with Crippen molar-refractivity contribution in [1.29, 1.82) is 0 Å². The van der Waals surface area contributed by atoms with Crippen LogP contribution in [0.15, 0.2) is 59.1 Å². The second-order valence-electron chi connectivity index (χ2n) is 9.12. The van der Waals surface area contributed by atoms with Gasteiger partial charge in [-0.15, -0.1) is 0 Å². The molecule has 2 aliphatic heterocycles. The topological polar surface area (TPSA) is 89.1 Å². The van der Waals surface area contributed by atoms with Gasteiger partial charge in [0.15, 0.2) is 11.6 Å². The van der Waals surface area contributed by atoms with Crippen LogP contribution in [0.5, 0.6) is 11.5 Å². The largest absolute Gasteiger partial charge is 0.496 e. The van der Waals surface area contributed by atoms with Crippen LogP contribution in [0.25, 0.3) is 10.8 Å². The van der Waals surface area contributed by atoms with Crippen molar-refractivity contribution in [3.8, 4) is 11.5 Å². The van der Waals surface area contributed by atoms with E-state index < -0.39 is 17.7 Å². The number of ether oxygens (including phenoxy) is 3. The highest BCUT2D eigenvalue weighted by Crippen LogP contribution is 2.42. The van der Waals surface area contributed by atoms with Gasteiger partial charge in [0.05, 0.1) is 38.6 Å². The van der Waals surface area contributed by atoms with Gasteiger partial charge in [-0.05, 0) is 55.1 Å². The van der Waals surface area contributed by atoms with Crippen molar-refractivity contribution in [3.63, 3.8) is 0 Å². The summed E-state index contributed by atoms with van der Waals surface area (Å²) in [4.78, 5) is 28.8. The molecule has 2 amide bonds. The van der Waals surface area contributed by atoms with Crippen molar-refractivity contribution < 1.29 is 23.8 Å². The number of para-hydroxylation sites is 2. The van der Waals surface area contributed by atoms with E-state index in [2.05, 4.69) is 26.6 Å². The fraction of sp³-hybridized carbons (Fsp3) is 0.333. The molecule has 2 N–H and O–H groups in total. The van der Waals surface area contributed by atoms with Crippen LogP contribution in [-0.2, 0) is 20.9 Å². The Bertz CT molecular complexity index is 1330. The van der Waals surface area contributed by atoms with Crippen LogP contribution >= 0.6 is 15.9 Å². The van der Waals surface area contributed by atoms with Gasteiger partial charge < -0.3 is 29.7 Å². The molecule has 0 saturated carbocycles. The first-order valence-corrected chi connectivity index (χ1v) is 12.6. The van der Waals surface area contributed by atoms with Gasteiger partial charge in [0, 0.05) is 10.0 Å². The Labute approximate surface area is 218 Å².